The molecule has 0 amide bonds. The van der Waals surface area contributed by atoms with Crippen LogP contribution in [0.25, 0.3) is 0 Å². The second kappa shape index (κ2) is 5.12. The van der Waals surface area contributed by atoms with Crippen LogP contribution in [0.4, 0.5) is 0 Å². The number of hydrogen-bond acceptors (Lipinski definition) is 6. The second-order valence-electron chi connectivity index (χ2n) is 4.34. The molecule has 96 valence electrons. The average Bonchev–Trinajstić information content (AvgIpc) is 2.97. The van der Waals surface area contributed by atoms with E-state index in [-0.39, 0.29) is 12.4 Å². The topological polar surface area (TPSA) is 94.4 Å². The molecule has 0 aromatic carbocycles. The molecule has 1 aliphatic rings. The van der Waals surface area contributed by atoms with E-state index in [1.807, 2.05) is 6.92 Å². The van der Waals surface area contributed by atoms with Gasteiger partial charge in [-0.2, -0.15) is 4.98 Å². The minimum Gasteiger partial charge on any atom is -0.382 e. The smallest absolute Gasteiger partial charge is 0.256 e. The molecule has 0 bridgehead atoms. The fourth-order valence-corrected chi connectivity index (χ4v) is 2.31. The molecule has 6 heteroatoms. The van der Waals surface area contributed by atoms with Crippen LogP contribution in [0, 0.1) is 0 Å². The van der Waals surface area contributed by atoms with Gasteiger partial charge in [-0.1, -0.05) is 5.16 Å². The molecule has 1 aromatic heterocycles. The van der Waals surface area contributed by atoms with E-state index in [1.165, 1.54) is 0 Å². The van der Waals surface area contributed by atoms with Crippen molar-refractivity contribution in [2.45, 2.75) is 44.3 Å². The van der Waals surface area contributed by atoms with Crippen molar-refractivity contribution < 1.29 is 14.4 Å². The van der Waals surface area contributed by atoms with Crippen molar-refractivity contribution in [1.29, 1.82) is 0 Å². The Hall–Kier alpha value is -0.980. The van der Waals surface area contributed by atoms with Crippen LogP contribution in [-0.2, 0) is 10.3 Å². The molecule has 1 saturated carbocycles. The van der Waals surface area contributed by atoms with Gasteiger partial charge in [0.15, 0.2) is 0 Å². The van der Waals surface area contributed by atoms with Gasteiger partial charge in [0.1, 0.15) is 11.7 Å². The minimum absolute atomic E-state index is 0.0727. The number of hydrogen-bond donors (Lipinski definition) is 2. The summed E-state index contributed by atoms with van der Waals surface area (Å²) in [5.41, 5.74) is 4.92. The Bertz CT molecular complexity index is 361. The molecule has 0 radical (unpaired) electrons. The van der Waals surface area contributed by atoms with Crippen LogP contribution in [0.1, 0.15) is 50.4 Å². The Kier molecular flexibility index (Phi) is 3.76. The van der Waals surface area contributed by atoms with Gasteiger partial charge in [0.25, 0.3) is 5.89 Å². The number of aliphatic hydroxyl groups excluding tert-OH is 1. The lowest BCUT2D eigenvalue weighted by Crippen LogP contribution is -2.27. The summed E-state index contributed by atoms with van der Waals surface area (Å²) in [6.07, 6.45) is 3.11. The van der Waals surface area contributed by atoms with Crippen LogP contribution in [-0.4, -0.2) is 28.4 Å². The maximum Gasteiger partial charge on any atom is 0.256 e. The van der Waals surface area contributed by atoms with Crippen LogP contribution in [0.2, 0.25) is 0 Å². The van der Waals surface area contributed by atoms with E-state index in [4.69, 9.17) is 15.0 Å². The molecule has 0 spiro atoms. The predicted octanol–water partition coefficient (Wildman–Crippen LogP) is 0.867. The normalized spacial score (nSPS) is 20.6. The maximum absolute atomic E-state index is 9.54. The second-order valence-corrected chi connectivity index (χ2v) is 4.34. The van der Waals surface area contributed by atoms with E-state index in [1.54, 1.807) is 0 Å². The number of nitrogens with two attached hydrogens (primary N) is 1. The van der Waals surface area contributed by atoms with E-state index in [0.29, 0.717) is 12.4 Å². The molecule has 1 fully saturated rings. The molecule has 1 aromatic rings. The fourth-order valence-electron chi connectivity index (χ4n) is 2.31. The standard InChI is InChI=1S/C11H19N3O3/c1-2-16-11(5-3-4-6-11)10-13-9(17-14-10)8(15)7-12/h8,15H,2-7,12H2,1H3/t8-/m0/s1. The number of aliphatic hydroxyl groups is 1. The molecule has 1 atom stereocenters. The van der Waals surface area contributed by atoms with Crippen molar-refractivity contribution in [3.63, 3.8) is 0 Å². The average molecular weight is 241 g/mol. The van der Waals surface area contributed by atoms with Gasteiger partial charge in [-0.3, -0.25) is 0 Å². The summed E-state index contributed by atoms with van der Waals surface area (Å²) in [7, 11) is 0. The van der Waals surface area contributed by atoms with Crippen molar-refractivity contribution in [1.82, 2.24) is 10.1 Å². The lowest BCUT2D eigenvalue weighted by molar-refractivity contribution is -0.0469. The third kappa shape index (κ3) is 2.34. The van der Waals surface area contributed by atoms with Crippen molar-refractivity contribution in [2.75, 3.05) is 13.2 Å². The Morgan fingerprint density at radius 1 is 1.53 bits per heavy atom. The zero-order valence-electron chi connectivity index (χ0n) is 10.1. The van der Waals surface area contributed by atoms with Crippen LogP contribution in [0.3, 0.4) is 0 Å². The monoisotopic (exact) mass is 241 g/mol. The summed E-state index contributed by atoms with van der Waals surface area (Å²) in [6, 6.07) is 0. The zero-order valence-corrected chi connectivity index (χ0v) is 10.1. The van der Waals surface area contributed by atoms with Crippen LogP contribution < -0.4 is 5.73 Å². The van der Waals surface area contributed by atoms with E-state index in [9.17, 15) is 5.11 Å². The van der Waals surface area contributed by atoms with Crippen LogP contribution in [0.15, 0.2) is 4.52 Å². The lowest BCUT2D eigenvalue weighted by Gasteiger charge is -2.24. The molecule has 2 rings (SSSR count). The van der Waals surface area contributed by atoms with Crippen molar-refractivity contribution in [2.24, 2.45) is 5.73 Å². The Morgan fingerprint density at radius 2 is 2.24 bits per heavy atom. The molecule has 0 unspecified atom stereocenters. The third-order valence-corrected chi connectivity index (χ3v) is 3.19. The third-order valence-electron chi connectivity index (χ3n) is 3.19. The summed E-state index contributed by atoms with van der Waals surface area (Å²) >= 11 is 0. The molecule has 6 nitrogen and oxygen atoms in total. The molecular formula is C11H19N3O3. The highest BCUT2D eigenvalue weighted by atomic mass is 16.5. The van der Waals surface area contributed by atoms with Gasteiger partial charge in [0.2, 0.25) is 5.82 Å². The molecule has 17 heavy (non-hydrogen) atoms. The summed E-state index contributed by atoms with van der Waals surface area (Å²) in [6.45, 7) is 2.64. The zero-order chi connectivity index (χ0) is 12.3. The van der Waals surface area contributed by atoms with Gasteiger partial charge in [-0.25, -0.2) is 0 Å². The van der Waals surface area contributed by atoms with E-state index < -0.39 is 11.7 Å². The SMILES string of the molecule is CCOC1(c2noc([C@@H](O)CN)n2)CCCC1. The number of nitrogens with zero attached hydrogens (tertiary/aromatic N) is 2. The Balaban J connectivity index is 2.22. The van der Waals surface area contributed by atoms with E-state index >= 15 is 0 Å². The first-order valence-electron chi connectivity index (χ1n) is 6.08. The summed E-state index contributed by atoms with van der Waals surface area (Å²) < 4.78 is 10.8. The van der Waals surface area contributed by atoms with Gasteiger partial charge in [-0.15, -0.1) is 0 Å². The van der Waals surface area contributed by atoms with Gasteiger partial charge >= 0.3 is 0 Å². The molecular weight excluding hydrogens is 222 g/mol. The summed E-state index contributed by atoms with van der Waals surface area (Å²) in [4.78, 5) is 4.22. The minimum atomic E-state index is -0.892. The molecule has 0 saturated heterocycles. The maximum atomic E-state index is 9.54. The number of rotatable bonds is 5. The van der Waals surface area contributed by atoms with Crippen LogP contribution in [0.5, 0.6) is 0 Å². The molecule has 3 N–H and O–H groups in total. The molecule has 0 aliphatic heterocycles. The molecule has 1 aliphatic carbocycles. The van der Waals surface area contributed by atoms with Gasteiger partial charge in [-0.05, 0) is 32.6 Å². The Labute approximate surface area is 100 Å². The summed E-state index contributed by atoms with van der Waals surface area (Å²) in [5, 5.41) is 13.5. The highest BCUT2D eigenvalue weighted by Gasteiger charge is 2.41. The van der Waals surface area contributed by atoms with E-state index in [2.05, 4.69) is 10.1 Å². The number of aromatic nitrogens is 2. The largest absolute Gasteiger partial charge is 0.382 e. The van der Waals surface area contributed by atoms with Gasteiger partial charge in [0.05, 0.1) is 0 Å². The first-order valence-corrected chi connectivity index (χ1v) is 6.08. The number of ether oxygens (including phenoxy) is 1. The quantitative estimate of drug-likeness (QED) is 0.794. The van der Waals surface area contributed by atoms with Crippen molar-refractivity contribution in [3.05, 3.63) is 11.7 Å². The highest BCUT2D eigenvalue weighted by molar-refractivity contribution is 5.05. The van der Waals surface area contributed by atoms with Crippen LogP contribution >= 0.6 is 0 Å². The van der Waals surface area contributed by atoms with E-state index in [0.717, 1.165) is 25.7 Å². The predicted molar refractivity (Wildman–Crippen MR) is 60.1 cm³/mol. The first kappa shape index (κ1) is 12.5. The summed E-state index contributed by atoms with van der Waals surface area (Å²) in [5.74, 6) is 0.716. The lowest BCUT2D eigenvalue weighted by atomic mass is 10.0. The Morgan fingerprint density at radius 3 is 2.82 bits per heavy atom. The van der Waals surface area contributed by atoms with Gasteiger partial charge < -0.3 is 20.1 Å². The first-order chi connectivity index (χ1) is 8.22. The van der Waals surface area contributed by atoms with Crippen molar-refractivity contribution in [3.8, 4) is 0 Å². The fraction of sp³-hybridized carbons (Fsp3) is 0.818. The highest BCUT2D eigenvalue weighted by Crippen LogP contribution is 2.40. The van der Waals surface area contributed by atoms with Crippen molar-refractivity contribution >= 4 is 0 Å². The molecule has 1 heterocycles. The van der Waals surface area contributed by atoms with Gasteiger partial charge in [0, 0.05) is 13.2 Å².